The molecule has 0 radical (unpaired) electrons. The van der Waals surface area contributed by atoms with E-state index in [1.807, 2.05) is 24.3 Å². The standard InChI is InChI=1S/C14H15N3O/c15-10-3-4-11-9(8-10)5-6-14(11,18)12-2-1-7-17-13(12)16/h1-4,7-8,18H,5-6,15H2,(H2,16,17). The third kappa shape index (κ3) is 1.46. The number of hydrogen-bond donors (Lipinski definition) is 3. The van der Waals surface area contributed by atoms with Crippen molar-refractivity contribution in [2.24, 2.45) is 0 Å². The average molecular weight is 241 g/mol. The van der Waals surface area contributed by atoms with Crippen molar-refractivity contribution in [3.8, 4) is 0 Å². The molecule has 0 saturated carbocycles. The van der Waals surface area contributed by atoms with E-state index in [4.69, 9.17) is 11.5 Å². The van der Waals surface area contributed by atoms with Gasteiger partial charge in [0.05, 0.1) is 0 Å². The number of nitrogens with two attached hydrogens (primary N) is 2. The van der Waals surface area contributed by atoms with Crippen LogP contribution in [0.1, 0.15) is 23.1 Å². The molecular weight excluding hydrogens is 226 g/mol. The van der Waals surface area contributed by atoms with Gasteiger partial charge in [-0.25, -0.2) is 4.98 Å². The molecule has 0 spiro atoms. The number of benzene rings is 1. The van der Waals surface area contributed by atoms with Crippen molar-refractivity contribution in [1.82, 2.24) is 4.98 Å². The number of nitrogens with zero attached hydrogens (tertiary/aromatic N) is 1. The first-order valence-electron chi connectivity index (χ1n) is 5.93. The first kappa shape index (κ1) is 11.0. The molecule has 1 atom stereocenters. The Hall–Kier alpha value is -2.07. The number of fused-ring (bicyclic) bond motifs is 1. The summed E-state index contributed by atoms with van der Waals surface area (Å²) in [5, 5.41) is 10.9. The normalized spacial score (nSPS) is 21.8. The van der Waals surface area contributed by atoms with Gasteiger partial charge in [-0.05, 0) is 42.2 Å². The van der Waals surface area contributed by atoms with Gasteiger partial charge in [0.1, 0.15) is 11.4 Å². The molecule has 1 aromatic carbocycles. The molecule has 1 aliphatic carbocycles. The maximum Gasteiger partial charge on any atom is 0.129 e. The SMILES string of the molecule is Nc1ccc2c(c1)CCC2(O)c1cccnc1N. The average Bonchev–Trinajstić information content (AvgIpc) is 2.68. The summed E-state index contributed by atoms with van der Waals surface area (Å²) in [5.74, 6) is 0.379. The van der Waals surface area contributed by atoms with Crippen molar-refractivity contribution in [1.29, 1.82) is 0 Å². The van der Waals surface area contributed by atoms with Crippen molar-refractivity contribution >= 4 is 11.5 Å². The Kier molecular flexibility index (Phi) is 2.28. The molecule has 0 saturated heterocycles. The van der Waals surface area contributed by atoms with Gasteiger partial charge in [0.2, 0.25) is 0 Å². The lowest BCUT2D eigenvalue weighted by atomic mass is 9.88. The summed E-state index contributed by atoms with van der Waals surface area (Å²) < 4.78 is 0. The quantitative estimate of drug-likeness (QED) is 0.659. The van der Waals surface area contributed by atoms with Crippen LogP contribution in [0.15, 0.2) is 36.5 Å². The minimum atomic E-state index is -1.04. The van der Waals surface area contributed by atoms with E-state index in [-0.39, 0.29) is 0 Å². The van der Waals surface area contributed by atoms with E-state index in [1.165, 1.54) is 0 Å². The fourth-order valence-electron chi connectivity index (χ4n) is 2.72. The second-order valence-corrected chi connectivity index (χ2v) is 4.71. The minimum Gasteiger partial charge on any atom is -0.399 e. The first-order valence-corrected chi connectivity index (χ1v) is 5.93. The summed E-state index contributed by atoms with van der Waals surface area (Å²) in [7, 11) is 0. The zero-order valence-electron chi connectivity index (χ0n) is 9.93. The molecule has 0 bridgehead atoms. The Morgan fingerprint density at radius 2 is 2.00 bits per heavy atom. The predicted octanol–water partition coefficient (Wildman–Crippen LogP) is 1.43. The second kappa shape index (κ2) is 3.71. The van der Waals surface area contributed by atoms with Crippen LogP contribution in [-0.4, -0.2) is 10.1 Å². The third-order valence-electron chi connectivity index (χ3n) is 3.62. The van der Waals surface area contributed by atoms with Crippen molar-refractivity contribution in [3.63, 3.8) is 0 Å². The van der Waals surface area contributed by atoms with Crippen LogP contribution in [0.2, 0.25) is 0 Å². The smallest absolute Gasteiger partial charge is 0.129 e. The van der Waals surface area contributed by atoms with E-state index < -0.39 is 5.60 Å². The van der Waals surface area contributed by atoms with Crippen LogP contribution in [-0.2, 0) is 12.0 Å². The number of nitrogen functional groups attached to an aromatic ring is 2. The summed E-state index contributed by atoms with van der Waals surface area (Å²) in [4.78, 5) is 4.05. The molecule has 4 heteroatoms. The van der Waals surface area contributed by atoms with Crippen LogP contribution in [0.3, 0.4) is 0 Å². The molecule has 1 heterocycles. The fraction of sp³-hybridized carbons (Fsp3) is 0.214. The number of aryl methyl sites for hydroxylation is 1. The van der Waals surface area contributed by atoms with Gasteiger partial charge >= 0.3 is 0 Å². The number of aromatic nitrogens is 1. The lowest BCUT2D eigenvalue weighted by Crippen LogP contribution is -2.25. The van der Waals surface area contributed by atoms with E-state index in [0.29, 0.717) is 17.8 Å². The van der Waals surface area contributed by atoms with Gasteiger partial charge in [-0.3, -0.25) is 0 Å². The highest BCUT2D eigenvalue weighted by molar-refractivity contribution is 5.56. The van der Waals surface area contributed by atoms with E-state index in [9.17, 15) is 5.11 Å². The van der Waals surface area contributed by atoms with Crippen LogP contribution in [0.5, 0.6) is 0 Å². The van der Waals surface area contributed by atoms with Gasteiger partial charge in [-0.2, -0.15) is 0 Å². The largest absolute Gasteiger partial charge is 0.399 e. The Morgan fingerprint density at radius 1 is 1.17 bits per heavy atom. The Bertz CT molecular complexity index is 612. The van der Waals surface area contributed by atoms with Crippen LogP contribution < -0.4 is 11.5 Å². The zero-order chi connectivity index (χ0) is 12.8. The van der Waals surface area contributed by atoms with Crippen LogP contribution in [0, 0.1) is 0 Å². The monoisotopic (exact) mass is 241 g/mol. The third-order valence-corrected chi connectivity index (χ3v) is 3.62. The van der Waals surface area contributed by atoms with Crippen LogP contribution in [0.4, 0.5) is 11.5 Å². The topological polar surface area (TPSA) is 85.2 Å². The number of pyridine rings is 1. The minimum absolute atomic E-state index is 0.379. The summed E-state index contributed by atoms with van der Waals surface area (Å²) in [5.41, 5.74) is 14.0. The molecule has 92 valence electrons. The van der Waals surface area contributed by atoms with Gasteiger partial charge in [0.15, 0.2) is 0 Å². The Labute approximate surface area is 105 Å². The molecule has 0 fully saturated rings. The maximum absolute atomic E-state index is 10.9. The molecule has 2 aromatic rings. The summed E-state index contributed by atoms with van der Waals surface area (Å²) >= 11 is 0. The van der Waals surface area contributed by atoms with Crippen LogP contribution >= 0.6 is 0 Å². The van der Waals surface area contributed by atoms with E-state index in [1.54, 1.807) is 12.3 Å². The Balaban J connectivity index is 2.18. The second-order valence-electron chi connectivity index (χ2n) is 4.71. The molecular formula is C14H15N3O. The molecule has 3 rings (SSSR count). The maximum atomic E-state index is 10.9. The molecule has 1 aliphatic rings. The van der Waals surface area contributed by atoms with E-state index in [0.717, 1.165) is 23.2 Å². The van der Waals surface area contributed by atoms with Crippen molar-refractivity contribution in [3.05, 3.63) is 53.2 Å². The summed E-state index contributed by atoms with van der Waals surface area (Å²) in [6.07, 6.45) is 3.04. The van der Waals surface area contributed by atoms with Gasteiger partial charge in [0, 0.05) is 17.4 Å². The highest BCUT2D eigenvalue weighted by Crippen LogP contribution is 2.43. The number of aliphatic hydroxyl groups is 1. The van der Waals surface area contributed by atoms with Gasteiger partial charge < -0.3 is 16.6 Å². The number of rotatable bonds is 1. The summed E-state index contributed by atoms with van der Waals surface area (Å²) in [6.45, 7) is 0. The molecule has 5 N–H and O–H groups in total. The lowest BCUT2D eigenvalue weighted by molar-refractivity contribution is 0.0834. The van der Waals surface area contributed by atoms with E-state index in [2.05, 4.69) is 4.98 Å². The van der Waals surface area contributed by atoms with E-state index >= 15 is 0 Å². The van der Waals surface area contributed by atoms with Crippen molar-refractivity contribution in [2.45, 2.75) is 18.4 Å². The van der Waals surface area contributed by atoms with Crippen molar-refractivity contribution < 1.29 is 5.11 Å². The molecule has 1 unspecified atom stereocenters. The zero-order valence-corrected chi connectivity index (χ0v) is 9.93. The molecule has 0 aliphatic heterocycles. The highest BCUT2D eigenvalue weighted by Gasteiger charge is 2.39. The molecule has 0 amide bonds. The van der Waals surface area contributed by atoms with Crippen molar-refractivity contribution in [2.75, 3.05) is 11.5 Å². The fourth-order valence-corrected chi connectivity index (χ4v) is 2.72. The predicted molar refractivity (Wildman–Crippen MR) is 70.8 cm³/mol. The summed E-state index contributed by atoms with van der Waals surface area (Å²) in [6, 6.07) is 9.22. The van der Waals surface area contributed by atoms with Gasteiger partial charge in [-0.1, -0.05) is 12.1 Å². The van der Waals surface area contributed by atoms with Gasteiger partial charge in [0.25, 0.3) is 0 Å². The van der Waals surface area contributed by atoms with Crippen LogP contribution in [0.25, 0.3) is 0 Å². The first-order chi connectivity index (χ1) is 8.61. The molecule has 18 heavy (non-hydrogen) atoms. The number of hydrogen-bond acceptors (Lipinski definition) is 4. The van der Waals surface area contributed by atoms with Gasteiger partial charge in [-0.15, -0.1) is 0 Å². The molecule has 4 nitrogen and oxygen atoms in total. The number of anilines is 2. The highest BCUT2D eigenvalue weighted by atomic mass is 16.3. The molecule has 1 aromatic heterocycles. The Morgan fingerprint density at radius 3 is 2.78 bits per heavy atom. The lowest BCUT2D eigenvalue weighted by Gasteiger charge is -2.25.